The van der Waals surface area contributed by atoms with Crippen LogP contribution in [0.4, 0.5) is 4.79 Å². The summed E-state index contributed by atoms with van der Waals surface area (Å²) in [6, 6.07) is -0.0383. The lowest BCUT2D eigenvalue weighted by atomic mass is 9.87. The Morgan fingerprint density at radius 3 is 2.27 bits per heavy atom. The highest BCUT2D eigenvalue weighted by molar-refractivity contribution is 5.73. The van der Waals surface area contributed by atoms with Crippen molar-refractivity contribution in [2.45, 2.75) is 53.2 Å². The van der Waals surface area contributed by atoms with Gasteiger partial charge in [-0.15, -0.1) is 0 Å². The van der Waals surface area contributed by atoms with E-state index in [1.54, 1.807) is 0 Å². The molecule has 0 aromatic heterocycles. The van der Waals surface area contributed by atoms with Crippen molar-refractivity contribution in [3.8, 4) is 0 Å². The highest BCUT2D eigenvalue weighted by Gasteiger charge is 2.21. The molecule has 3 N–H and O–H groups in total. The number of aliphatic hydroxyl groups is 1. The van der Waals surface area contributed by atoms with E-state index in [1.165, 1.54) is 0 Å². The van der Waals surface area contributed by atoms with E-state index >= 15 is 0 Å². The highest BCUT2D eigenvalue weighted by atomic mass is 16.3. The summed E-state index contributed by atoms with van der Waals surface area (Å²) in [5, 5.41) is 15.1. The molecular weight excluding hydrogens is 192 g/mol. The molecule has 0 aromatic rings. The first kappa shape index (κ1) is 14.2. The van der Waals surface area contributed by atoms with Gasteiger partial charge in [0.25, 0.3) is 0 Å². The standard InChI is InChI=1S/C11H24N2O2/c1-8(2)13-10(15)12-7-6-9(14)11(3,4)5/h8-9,14H,6-7H2,1-5H3,(H2,12,13,15). The Labute approximate surface area is 92.4 Å². The average Bonchev–Trinajstić information content (AvgIpc) is 2.00. The second-order valence-electron chi connectivity index (χ2n) is 5.23. The smallest absolute Gasteiger partial charge is 0.314 e. The molecule has 90 valence electrons. The van der Waals surface area contributed by atoms with Gasteiger partial charge in [0, 0.05) is 12.6 Å². The van der Waals surface area contributed by atoms with Crippen LogP contribution in [0.15, 0.2) is 0 Å². The van der Waals surface area contributed by atoms with Crippen LogP contribution in [0.2, 0.25) is 0 Å². The molecular formula is C11H24N2O2. The van der Waals surface area contributed by atoms with Crippen LogP contribution in [-0.4, -0.2) is 29.8 Å². The second kappa shape index (κ2) is 5.95. The van der Waals surface area contributed by atoms with Crippen molar-refractivity contribution in [3.05, 3.63) is 0 Å². The summed E-state index contributed by atoms with van der Waals surface area (Å²) in [5.74, 6) is 0. The summed E-state index contributed by atoms with van der Waals surface area (Å²) in [6.07, 6.45) is 0.187. The molecule has 4 heteroatoms. The van der Waals surface area contributed by atoms with Crippen LogP contribution >= 0.6 is 0 Å². The number of hydrogen-bond acceptors (Lipinski definition) is 2. The Morgan fingerprint density at radius 2 is 1.87 bits per heavy atom. The number of nitrogens with one attached hydrogen (secondary N) is 2. The van der Waals surface area contributed by atoms with E-state index in [0.29, 0.717) is 13.0 Å². The molecule has 1 atom stereocenters. The van der Waals surface area contributed by atoms with E-state index in [0.717, 1.165) is 0 Å². The molecule has 0 heterocycles. The fraction of sp³-hybridized carbons (Fsp3) is 0.909. The van der Waals surface area contributed by atoms with Gasteiger partial charge in [0.05, 0.1) is 6.10 Å². The van der Waals surface area contributed by atoms with Gasteiger partial charge in [-0.1, -0.05) is 20.8 Å². The van der Waals surface area contributed by atoms with Crippen molar-refractivity contribution in [2.75, 3.05) is 6.54 Å². The van der Waals surface area contributed by atoms with Crippen molar-refractivity contribution in [1.29, 1.82) is 0 Å². The normalized spacial score (nSPS) is 13.8. The summed E-state index contributed by atoms with van der Waals surface area (Å²) in [4.78, 5) is 11.2. The van der Waals surface area contributed by atoms with Crippen molar-refractivity contribution in [2.24, 2.45) is 5.41 Å². The molecule has 0 bridgehead atoms. The zero-order chi connectivity index (χ0) is 12.1. The van der Waals surface area contributed by atoms with Crippen molar-refractivity contribution < 1.29 is 9.90 Å². The number of amides is 2. The predicted molar refractivity (Wildman–Crippen MR) is 61.7 cm³/mol. The van der Waals surface area contributed by atoms with Gasteiger partial charge in [0.2, 0.25) is 0 Å². The van der Waals surface area contributed by atoms with E-state index in [-0.39, 0.29) is 17.5 Å². The van der Waals surface area contributed by atoms with Crippen molar-refractivity contribution in [1.82, 2.24) is 10.6 Å². The zero-order valence-corrected chi connectivity index (χ0v) is 10.4. The molecule has 0 saturated heterocycles. The summed E-state index contributed by atoms with van der Waals surface area (Å²) >= 11 is 0. The third-order valence-corrected chi connectivity index (χ3v) is 2.12. The van der Waals surface area contributed by atoms with Gasteiger partial charge in [0.15, 0.2) is 0 Å². The molecule has 0 radical (unpaired) electrons. The first-order chi connectivity index (χ1) is 6.73. The largest absolute Gasteiger partial charge is 0.393 e. The first-order valence-electron chi connectivity index (χ1n) is 5.46. The molecule has 1 unspecified atom stereocenters. The van der Waals surface area contributed by atoms with Crippen LogP contribution in [-0.2, 0) is 0 Å². The molecule has 0 aromatic carbocycles. The lowest BCUT2D eigenvalue weighted by Crippen LogP contribution is -2.41. The third-order valence-electron chi connectivity index (χ3n) is 2.12. The molecule has 0 saturated carbocycles. The van der Waals surface area contributed by atoms with Gasteiger partial charge in [-0.2, -0.15) is 0 Å². The summed E-state index contributed by atoms with van der Waals surface area (Å²) < 4.78 is 0. The number of urea groups is 1. The minimum Gasteiger partial charge on any atom is -0.393 e. The summed E-state index contributed by atoms with van der Waals surface area (Å²) in [5.41, 5.74) is -0.129. The van der Waals surface area contributed by atoms with Crippen LogP contribution in [0.25, 0.3) is 0 Å². The minimum atomic E-state index is -0.392. The Hall–Kier alpha value is -0.770. The molecule has 2 amide bonds. The quantitative estimate of drug-likeness (QED) is 0.667. The fourth-order valence-electron chi connectivity index (χ4n) is 1.07. The average molecular weight is 216 g/mol. The Morgan fingerprint density at radius 1 is 1.33 bits per heavy atom. The van der Waals surface area contributed by atoms with E-state index < -0.39 is 6.10 Å². The molecule has 0 rings (SSSR count). The summed E-state index contributed by atoms with van der Waals surface area (Å²) in [6.45, 7) is 10.2. The number of carbonyl (C=O) groups excluding carboxylic acids is 1. The molecule has 0 fully saturated rings. The predicted octanol–water partition coefficient (Wildman–Crippen LogP) is 1.49. The maximum Gasteiger partial charge on any atom is 0.314 e. The lowest BCUT2D eigenvalue weighted by molar-refractivity contribution is 0.0564. The van der Waals surface area contributed by atoms with Crippen molar-refractivity contribution in [3.63, 3.8) is 0 Å². The maximum atomic E-state index is 11.2. The lowest BCUT2D eigenvalue weighted by Gasteiger charge is -2.25. The third kappa shape index (κ3) is 7.19. The van der Waals surface area contributed by atoms with E-state index in [2.05, 4.69) is 10.6 Å². The van der Waals surface area contributed by atoms with Gasteiger partial charge in [-0.05, 0) is 25.7 Å². The second-order valence-corrected chi connectivity index (χ2v) is 5.23. The highest BCUT2D eigenvalue weighted by Crippen LogP contribution is 2.20. The molecule has 0 aliphatic heterocycles. The number of aliphatic hydroxyl groups excluding tert-OH is 1. The van der Waals surface area contributed by atoms with E-state index in [1.807, 2.05) is 34.6 Å². The molecule has 15 heavy (non-hydrogen) atoms. The Balaban J connectivity index is 3.67. The van der Waals surface area contributed by atoms with Crippen molar-refractivity contribution >= 4 is 6.03 Å². The van der Waals surface area contributed by atoms with Crippen LogP contribution in [0.5, 0.6) is 0 Å². The minimum absolute atomic E-state index is 0.129. The van der Waals surface area contributed by atoms with E-state index in [9.17, 15) is 9.90 Å². The molecule has 0 aliphatic rings. The SMILES string of the molecule is CC(C)NC(=O)NCCC(O)C(C)(C)C. The monoisotopic (exact) mass is 216 g/mol. The van der Waals surface area contributed by atoms with E-state index in [4.69, 9.17) is 0 Å². The topological polar surface area (TPSA) is 61.4 Å². The van der Waals surface area contributed by atoms with Gasteiger partial charge in [-0.3, -0.25) is 0 Å². The van der Waals surface area contributed by atoms with Gasteiger partial charge in [-0.25, -0.2) is 4.79 Å². The number of carbonyl (C=O) groups is 1. The molecule has 0 spiro atoms. The van der Waals surface area contributed by atoms with Gasteiger partial charge >= 0.3 is 6.03 Å². The van der Waals surface area contributed by atoms with Crippen LogP contribution in [0.1, 0.15) is 41.0 Å². The zero-order valence-electron chi connectivity index (χ0n) is 10.4. The number of rotatable bonds is 4. The Kier molecular flexibility index (Phi) is 5.65. The van der Waals surface area contributed by atoms with Gasteiger partial charge in [0.1, 0.15) is 0 Å². The van der Waals surface area contributed by atoms with Gasteiger partial charge < -0.3 is 15.7 Å². The maximum absolute atomic E-state index is 11.2. The van der Waals surface area contributed by atoms with Crippen LogP contribution in [0.3, 0.4) is 0 Å². The van der Waals surface area contributed by atoms with Crippen LogP contribution in [0, 0.1) is 5.41 Å². The summed E-state index contributed by atoms with van der Waals surface area (Å²) in [7, 11) is 0. The first-order valence-corrected chi connectivity index (χ1v) is 5.46. The fourth-order valence-corrected chi connectivity index (χ4v) is 1.07. The molecule has 0 aliphatic carbocycles. The molecule has 4 nitrogen and oxygen atoms in total. The van der Waals surface area contributed by atoms with Crippen LogP contribution < -0.4 is 10.6 Å². The number of hydrogen-bond donors (Lipinski definition) is 3. The Bertz CT molecular complexity index is 197.